The fraction of sp³-hybridized carbons (Fsp3) is 1.00. The van der Waals surface area contributed by atoms with Gasteiger partial charge in [0.05, 0.1) is 0 Å². The Morgan fingerprint density at radius 1 is 1.17 bits per heavy atom. The zero-order valence-electron chi connectivity index (χ0n) is 7.72. The molecule has 1 saturated heterocycles. The molecule has 0 radical (unpaired) electrons. The van der Waals surface area contributed by atoms with E-state index >= 15 is 0 Å². The van der Waals surface area contributed by atoms with Crippen molar-refractivity contribution in [3.63, 3.8) is 0 Å². The van der Waals surface area contributed by atoms with Gasteiger partial charge in [-0.15, -0.1) is 0 Å². The van der Waals surface area contributed by atoms with E-state index in [-0.39, 0.29) is 0 Å². The molecule has 0 amide bonds. The molecule has 2 heteroatoms. The van der Waals surface area contributed by atoms with Gasteiger partial charge in [0.15, 0.2) is 0 Å². The lowest BCUT2D eigenvalue weighted by molar-refractivity contribution is 0.449. The minimum Gasteiger partial charge on any atom is -0.313 e. The lowest BCUT2D eigenvalue weighted by Gasteiger charge is -2.14. The Morgan fingerprint density at radius 3 is 2.67 bits per heavy atom. The first-order valence-electron chi connectivity index (χ1n) is 5.26. The van der Waals surface area contributed by atoms with Crippen molar-refractivity contribution in [2.45, 2.75) is 38.1 Å². The number of hydrogen-bond acceptors (Lipinski definition) is 2. The van der Waals surface area contributed by atoms with Crippen molar-refractivity contribution in [1.82, 2.24) is 5.32 Å². The number of nitrogens with one attached hydrogen (secondary N) is 1. The predicted molar refractivity (Wildman–Crippen MR) is 55.7 cm³/mol. The maximum atomic E-state index is 3.70. The van der Waals surface area contributed by atoms with E-state index in [9.17, 15) is 0 Å². The van der Waals surface area contributed by atoms with Gasteiger partial charge >= 0.3 is 0 Å². The van der Waals surface area contributed by atoms with Crippen LogP contribution in [0.3, 0.4) is 0 Å². The summed E-state index contributed by atoms with van der Waals surface area (Å²) in [4.78, 5) is 0. The molecule has 1 aliphatic carbocycles. The monoisotopic (exact) mass is 185 g/mol. The van der Waals surface area contributed by atoms with Gasteiger partial charge in [-0.2, -0.15) is 11.8 Å². The van der Waals surface area contributed by atoms with Gasteiger partial charge < -0.3 is 5.32 Å². The van der Waals surface area contributed by atoms with Crippen molar-refractivity contribution >= 4 is 11.8 Å². The van der Waals surface area contributed by atoms with Gasteiger partial charge in [0, 0.05) is 11.8 Å². The molecular formula is C10H19NS. The number of rotatable bonds is 3. The van der Waals surface area contributed by atoms with Gasteiger partial charge in [0.2, 0.25) is 0 Å². The zero-order valence-corrected chi connectivity index (χ0v) is 8.54. The molecule has 1 heterocycles. The molecule has 1 N–H and O–H groups in total. The van der Waals surface area contributed by atoms with E-state index in [4.69, 9.17) is 0 Å². The summed E-state index contributed by atoms with van der Waals surface area (Å²) in [5, 5.41) is 3.70. The van der Waals surface area contributed by atoms with Gasteiger partial charge in [0.25, 0.3) is 0 Å². The third-order valence-corrected chi connectivity index (χ3v) is 4.26. The molecule has 1 nitrogen and oxygen atoms in total. The maximum Gasteiger partial charge on any atom is 0.0166 e. The molecule has 1 saturated carbocycles. The van der Waals surface area contributed by atoms with Crippen molar-refractivity contribution in [3.8, 4) is 0 Å². The summed E-state index contributed by atoms with van der Waals surface area (Å²) in [6, 6.07) is 0.843. The summed E-state index contributed by atoms with van der Waals surface area (Å²) in [6.07, 6.45) is 7.31. The SMILES string of the molecule is C1CCC(CNC2CCSC2)C1. The Hall–Kier alpha value is 0.310. The van der Waals surface area contributed by atoms with Crippen LogP contribution in [0, 0.1) is 5.92 Å². The first kappa shape index (κ1) is 8.89. The Kier molecular flexibility index (Phi) is 3.35. The van der Waals surface area contributed by atoms with Crippen LogP contribution in [0.5, 0.6) is 0 Å². The third kappa shape index (κ3) is 2.40. The van der Waals surface area contributed by atoms with Gasteiger partial charge in [-0.25, -0.2) is 0 Å². The molecule has 0 spiro atoms. The first-order chi connectivity index (χ1) is 5.95. The molecule has 12 heavy (non-hydrogen) atoms. The van der Waals surface area contributed by atoms with Gasteiger partial charge in [-0.1, -0.05) is 12.8 Å². The van der Waals surface area contributed by atoms with Crippen LogP contribution >= 0.6 is 11.8 Å². The summed E-state index contributed by atoms with van der Waals surface area (Å²) >= 11 is 2.10. The van der Waals surface area contributed by atoms with Gasteiger partial charge in [-0.05, 0) is 37.5 Å². The van der Waals surface area contributed by atoms with E-state index < -0.39 is 0 Å². The topological polar surface area (TPSA) is 12.0 Å². The lowest BCUT2D eigenvalue weighted by Crippen LogP contribution is -2.32. The second-order valence-corrected chi connectivity index (χ2v) is 5.27. The van der Waals surface area contributed by atoms with Crippen molar-refractivity contribution < 1.29 is 0 Å². The standard InChI is InChI=1S/C10H19NS/c1-2-4-9(3-1)7-11-10-5-6-12-8-10/h9-11H,1-8H2. The molecule has 2 rings (SSSR count). The van der Waals surface area contributed by atoms with Crippen LogP contribution in [0.1, 0.15) is 32.1 Å². The molecule has 2 fully saturated rings. The van der Waals surface area contributed by atoms with Crippen molar-refractivity contribution in [1.29, 1.82) is 0 Å². The van der Waals surface area contributed by atoms with Gasteiger partial charge in [-0.3, -0.25) is 0 Å². The highest BCUT2D eigenvalue weighted by atomic mass is 32.2. The fourth-order valence-corrected chi connectivity index (χ4v) is 3.43. The number of thioether (sulfide) groups is 1. The highest BCUT2D eigenvalue weighted by molar-refractivity contribution is 7.99. The molecule has 0 aromatic carbocycles. The van der Waals surface area contributed by atoms with Crippen LogP contribution < -0.4 is 5.32 Å². The van der Waals surface area contributed by atoms with E-state index in [1.165, 1.54) is 50.2 Å². The molecule has 0 aromatic rings. The number of hydrogen-bond donors (Lipinski definition) is 1. The van der Waals surface area contributed by atoms with Crippen molar-refractivity contribution in [3.05, 3.63) is 0 Å². The molecule has 2 aliphatic rings. The molecular weight excluding hydrogens is 166 g/mol. The minimum atomic E-state index is 0.843. The smallest absolute Gasteiger partial charge is 0.0166 e. The van der Waals surface area contributed by atoms with Crippen LogP contribution in [-0.2, 0) is 0 Å². The second-order valence-electron chi connectivity index (χ2n) is 4.12. The van der Waals surface area contributed by atoms with E-state index in [1.807, 2.05) is 0 Å². The Balaban J connectivity index is 1.60. The Bertz CT molecular complexity index is 110. The van der Waals surface area contributed by atoms with E-state index in [0.29, 0.717) is 0 Å². The van der Waals surface area contributed by atoms with Crippen molar-refractivity contribution in [2.75, 3.05) is 18.1 Å². The largest absolute Gasteiger partial charge is 0.313 e. The molecule has 0 aromatic heterocycles. The van der Waals surface area contributed by atoms with Gasteiger partial charge in [0.1, 0.15) is 0 Å². The fourth-order valence-electron chi connectivity index (χ4n) is 2.24. The molecule has 1 aliphatic heterocycles. The predicted octanol–water partition coefficient (Wildman–Crippen LogP) is 2.27. The Labute approximate surface area is 79.7 Å². The third-order valence-electron chi connectivity index (χ3n) is 3.10. The molecule has 0 bridgehead atoms. The van der Waals surface area contributed by atoms with E-state index in [0.717, 1.165) is 12.0 Å². The molecule has 70 valence electrons. The second kappa shape index (κ2) is 4.52. The highest BCUT2D eigenvalue weighted by Gasteiger charge is 2.18. The molecule has 1 atom stereocenters. The quantitative estimate of drug-likeness (QED) is 0.724. The Morgan fingerprint density at radius 2 is 2.00 bits per heavy atom. The maximum absolute atomic E-state index is 3.70. The van der Waals surface area contributed by atoms with E-state index in [1.54, 1.807) is 0 Å². The van der Waals surface area contributed by atoms with Crippen LogP contribution in [0.4, 0.5) is 0 Å². The summed E-state index contributed by atoms with van der Waals surface area (Å²) < 4.78 is 0. The average Bonchev–Trinajstić information content (AvgIpc) is 2.74. The highest BCUT2D eigenvalue weighted by Crippen LogP contribution is 2.24. The average molecular weight is 185 g/mol. The van der Waals surface area contributed by atoms with E-state index in [2.05, 4.69) is 17.1 Å². The van der Waals surface area contributed by atoms with Crippen LogP contribution in [0.25, 0.3) is 0 Å². The van der Waals surface area contributed by atoms with Crippen LogP contribution in [0.2, 0.25) is 0 Å². The molecule has 1 unspecified atom stereocenters. The summed E-state index contributed by atoms with van der Waals surface area (Å²) in [7, 11) is 0. The van der Waals surface area contributed by atoms with Crippen molar-refractivity contribution in [2.24, 2.45) is 5.92 Å². The lowest BCUT2D eigenvalue weighted by atomic mass is 10.1. The summed E-state index contributed by atoms with van der Waals surface area (Å²) in [5.41, 5.74) is 0. The minimum absolute atomic E-state index is 0.843. The zero-order chi connectivity index (χ0) is 8.23. The van der Waals surface area contributed by atoms with Crippen LogP contribution in [-0.4, -0.2) is 24.1 Å². The summed E-state index contributed by atoms with van der Waals surface area (Å²) in [6.45, 7) is 1.30. The first-order valence-corrected chi connectivity index (χ1v) is 6.42. The normalized spacial score (nSPS) is 31.5. The summed E-state index contributed by atoms with van der Waals surface area (Å²) in [5.74, 6) is 3.74. The van der Waals surface area contributed by atoms with Crippen LogP contribution in [0.15, 0.2) is 0 Å².